The van der Waals surface area contributed by atoms with Gasteiger partial charge in [-0.25, -0.2) is 0 Å². The van der Waals surface area contributed by atoms with Crippen LogP contribution in [0.15, 0.2) is 0 Å². The first-order chi connectivity index (χ1) is 6.27. The fraction of sp³-hybridized carbons (Fsp3) is 0.833. The fourth-order valence-corrected chi connectivity index (χ4v) is 2.19. The van der Waals surface area contributed by atoms with Crippen LogP contribution in [-0.4, -0.2) is 12.1 Å². The van der Waals surface area contributed by atoms with Crippen molar-refractivity contribution >= 4 is 0 Å². The topological polar surface area (TPSA) is 12.0 Å². The molecule has 1 nitrogen and oxygen atoms in total. The number of hydrogen-bond donors (Lipinski definition) is 1. The van der Waals surface area contributed by atoms with Gasteiger partial charge in [0.1, 0.15) is 0 Å². The Balaban J connectivity index is 2.30. The van der Waals surface area contributed by atoms with Gasteiger partial charge in [-0.15, -0.1) is 6.42 Å². The summed E-state index contributed by atoms with van der Waals surface area (Å²) in [6.45, 7) is 4.41. The standard InChI is InChI=1S/C12H21N/c1-4-12(5-2)13-10(3)11-8-6-7-9-11/h1,10-13H,5-9H2,2-3H3/t10-,12?/m0/s1. The molecule has 1 aliphatic carbocycles. The van der Waals surface area contributed by atoms with E-state index in [9.17, 15) is 0 Å². The highest BCUT2D eigenvalue weighted by Crippen LogP contribution is 2.27. The van der Waals surface area contributed by atoms with E-state index in [1.165, 1.54) is 25.7 Å². The molecule has 0 radical (unpaired) electrons. The zero-order chi connectivity index (χ0) is 9.68. The molecular formula is C12H21N. The van der Waals surface area contributed by atoms with Crippen molar-refractivity contribution in [2.45, 2.75) is 58.0 Å². The first kappa shape index (κ1) is 10.6. The molecule has 0 aromatic rings. The molecule has 2 atom stereocenters. The number of terminal acetylenes is 1. The third kappa shape index (κ3) is 3.04. The SMILES string of the molecule is C#CC(CC)N[C@@H](C)C1CCCC1. The molecule has 0 amide bonds. The highest BCUT2D eigenvalue weighted by molar-refractivity contribution is 4.99. The lowest BCUT2D eigenvalue weighted by atomic mass is 9.99. The molecule has 0 aromatic heterocycles. The van der Waals surface area contributed by atoms with Crippen LogP contribution >= 0.6 is 0 Å². The Labute approximate surface area is 82.3 Å². The molecule has 0 bridgehead atoms. The first-order valence-electron chi connectivity index (χ1n) is 5.50. The first-order valence-corrected chi connectivity index (χ1v) is 5.50. The van der Waals surface area contributed by atoms with Crippen molar-refractivity contribution in [2.75, 3.05) is 0 Å². The van der Waals surface area contributed by atoms with Crippen LogP contribution in [0, 0.1) is 18.3 Å². The molecule has 74 valence electrons. The minimum atomic E-state index is 0.274. The Morgan fingerprint density at radius 2 is 2.08 bits per heavy atom. The lowest BCUT2D eigenvalue weighted by Crippen LogP contribution is -2.39. The van der Waals surface area contributed by atoms with E-state index >= 15 is 0 Å². The molecule has 0 aliphatic heterocycles. The smallest absolute Gasteiger partial charge is 0.0686 e. The van der Waals surface area contributed by atoms with Crippen molar-refractivity contribution in [2.24, 2.45) is 5.92 Å². The zero-order valence-electron chi connectivity index (χ0n) is 8.84. The minimum Gasteiger partial charge on any atom is -0.301 e. The Hall–Kier alpha value is -0.480. The van der Waals surface area contributed by atoms with Gasteiger partial charge in [0.25, 0.3) is 0 Å². The molecule has 1 heteroatoms. The van der Waals surface area contributed by atoms with Gasteiger partial charge in [0.2, 0.25) is 0 Å². The van der Waals surface area contributed by atoms with Crippen LogP contribution in [0.4, 0.5) is 0 Å². The van der Waals surface area contributed by atoms with E-state index < -0.39 is 0 Å². The monoisotopic (exact) mass is 179 g/mol. The quantitative estimate of drug-likeness (QED) is 0.654. The van der Waals surface area contributed by atoms with Crippen molar-refractivity contribution in [1.82, 2.24) is 5.32 Å². The second-order valence-corrected chi connectivity index (χ2v) is 4.13. The van der Waals surface area contributed by atoms with Crippen LogP contribution in [0.3, 0.4) is 0 Å². The molecule has 0 aromatic carbocycles. The average Bonchev–Trinajstić information content (AvgIpc) is 2.66. The predicted molar refractivity (Wildman–Crippen MR) is 57.5 cm³/mol. The van der Waals surface area contributed by atoms with E-state index in [0.717, 1.165) is 12.3 Å². The van der Waals surface area contributed by atoms with E-state index in [1.54, 1.807) is 0 Å². The summed E-state index contributed by atoms with van der Waals surface area (Å²) in [5, 5.41) is 3.52. The predicted octanol–water partition coefficient (Wildman–Crippen LogP) is 2.57. The Kier molecular flexibility index (Phi) is 4.32. The van der Waals surface area contributed by atoms with Gasteiger partial charge >= 0.3 is 0 Å². The summed E-state index contributed by atoms with van der Waals surface area (Å²) < 4.78 is 0. The van der Waals surface area contributed by atoms with Gasteiger partial charge in [0.15, 0.2) is 0 Å². The van der Waals surface area contributed by atoms with Crippen molar-refractivity contribution in [1.29, 1.82) is 0 Å². The Morgan fingerprint density at radius 3 is 2.54 bits per heavy atom. The molecule has 0 heterocycles. The van der Waals surface area contributed by atoms with Gasteiger partial charge in [-0.05, 0) is 32.1 Å². The maximum Gasteiger partial charge on any atom is 0.0686 e. The molecule has 0 spiro atoms. The van der Waals surface area contributed by atoms with E-state index in [-0.39, 0.29) is 6.04 Å². The Bertz CT molecular complexity index is 174. The summed E-state index contributed by atoms with van der Waals surface area (Å²) in [6, 6.07) is 0.874. The maximum absolute atomic E-state index is 5.42. The normalized spacial score (nSPS) is 22.5. The molecule has 1 unspecified atom stereocenters. The van der Waals surface area contributed by atoms with Crippen LogP contribution in [0.5, 0.6) is 0 Å². The largest absolute Gasteiger partial charge is 0.301 e. The van der Waals surface area contributed by atoms with Gasteiger partial charge in [0, 0.05) is 6.04 Å². The summed E-state index contributed by atoms with van der Waals surface area (Å²) in [4.78, 5) is 0. The van der Waals surface area contributed by atoms with Gasteiger partial charge < -0.3 is 5.32 Å². The average molecular weight is 179 g/mol. The molecule has 1 rings (SSSR count). The molecular weight excluding hydrogens is 158 g/mol. The van der Waals surface area contributed by atoms with Crippen LogP contribution in [0.2, 0.25) is 0 Å². The van der Waals surface area contributed by atoms with Crippen molar-refractivity contribution < 1.29 is 0 Å². The molecule has 13 heavy (non-hydrogen) atoms. The third-order valence-corrected chi connectivity index (χ3v) is 3.18. The summed E-state index contributed by atoms with van der Waals surface area (Å²) in [6.07, 6.45) is 12.0. The minimum absolute atomic E-state index is 0.274. The number of nitrogens with one attached hydrogen (secondary N) is 1. The van der Waals surface area contributed by atoms with Crippen molar-refractivity contribution in [3.63, 3.8) is 0 Å². The van der Waals surface area contributed by atoms with Crippen molar-refractivity contribution in [3.05, 3.63) is 0 Å². The van der Waals surface area contributed by atoms with Crippen LogP contribution < -0.4 is 5.32 Å². The number of rotatable bonds is 4. The Morgan fingerprint density at radius 1 is 1.46 bits per heavy atom. The summed E-state index contributed by atoms with van der Waals surface area (Å²) in [5.41, 5.74) is 0. The highest BCUT2D eigenvalue weighted by atomic mass is 14.9. The molecule has 1 N–H and O–H groups in total. The third-order valence-electron chi connectivity index (χ3n) is 3.18. The second kappa shape index (κ2) is 5.29. The summed E-state index contributed by atoms with van der Waals surface area (Å²) in [7, 11) is 0. The van der Waals surface area contributed by atoms with Crippen LogP contribution in [0.25, 0.3) is 0 Å². The molecule has 1 aliphatic rings. The van der Waals surface area contributed by atoms with Crippen molar-refractivity contribution in [3.8, 4) is 12.3 Å². The fourth-order valence-electron chi connectivity index (χ4n) is 2.19. The van der Waals surface area contributed by atoms with Gasteiger partial charge in [0.05, 0.1) is 6.04 Å². The van der Waals surface area contributed by atoms with E-state index in [1.807, 2.05) is 0 Å². The van der Waals surface area contributed by atoms with Gasteiger partial charge in [-0.3, -0.25) is 0 Å². The van der Waals surface area contributed by atoms with E-state index in [0.29, 0.717) is 6.04 Å². The number of hydrogen-bond acceptors (Lipinski definition) is 1. The molecule has 0 saturated heterocycles. The van der Waals surface area contributed by atoms with E-state index in [4.69, 9.17) is 6.42 Å². The molecule has 1 fully saturated rings. The van der Waals surface area contributed by atoms with Gasteiger partial charge in [-0.2, -0.15) is 0 Å². The van der Waals surface area contributed by atoms with Crippen LogP contribution in [0.1, 0.15) is 46.0 Å². The summed E-state index contributed by atoms with van der Waals surface area (Å²) >= 11 is 0. The second-order valence-electron chi connectivity index (χ2n) is 4.13. The molecule has 1 saturated carbocycles. The van der Waals surface area contributed by atoms with Gasteiger partial charge in [-0.1, -0.05) is 25.7 Å². The van der Waals surface area contributed by atoms with E-state index in [2.05, 4.69) is 25.1 Å². The zero-order valence-corrected chi connectivity index (χ0v) is 8.84. The highest BCUT2D eigenvalue weighted by Gasteiger charge is 2.22. The summed E-state index contributed by atoms with van der Waals surface area (Å²) in [5.74, 6) is 3.66. The lowest BCUT2D eigenvalue weighted by molar-refractivity contribution is 0.362. The lowest BCUT2D eigenvalue weighted by Gasteiger charge is -2.23. The van der Waals surface area contributed by atoms with Crippen LogP contribution in [-0.2, 0) is 0 Å². The maximum atomic E-state index is 5.42.